The molecule has 106 valence electrons. The van der Waals surface area contributed by atoms with Gasteiger partial charge in [-0.3, -0.25) is 0 Å². The topological polar surface area (TPSA) is 39.7 Å². The Balaban J connectivity index is 1.97. The normalized spacial score (nSPS) is 23.1. The Bertz CT molecular complexity index is 408. The van der Waals surface area contributed by atoms with Crippen LogP contribution in [0.1, 0.15) is 18.9 Å². The van der Waals surface area contributed by atoms with Crippen LogP contribution in [0.4, 0.5) is 0 Å². The first-order chi connectivity index (χ1) is 9.22. The Hall–Kier alpha value is -1.26. The zero-order chi connectivity index (χ0) is 13.7. The fraction of sp³-hybridized carbons (Fsp3) is 0.600. The Morgan fingerprint density at radius 1 is 1.26 bits per heavy atom. The highest BCUT2D eigenvalue weighted by atomic mass is 16.5. The van der Waals surface area contributed by atoms with Crippen molar-refractivity contribution < 1.29 is 14.2 Å². The predicted molar refractivity (Wildman–Crippen MR) is 75.1 cm³/mol. The van der Waals surface area contributed by atoms with Gasteiger partial charge in [0.25, 0.3) is 0 Å². The van der Waals surface area contributed by atoms with Crippen molar-refractivity contribution in [3.8, 4) is 11.5 Å². The van der Waals surface area contributed by atoms with Gasteiger partial charge in [-0.1, -0.05) is 0 Å². The minimum atomic E-state index is 0.416. The molecule has 1 aliphatic heterocycles. The molecule has 4 heteroatoms. The van der Waals surface area contributed by atoms with Crippen molar-refractivity contribution in [3.05, 3.63) is 23.8 Å². The molecule has 0 saturated carbocycles. The van der Waals surface area contributed by atoms with Gasteiger partial charge in [0, 0.05) is 12.1 Å². The Kier molecular flexibility index (Phi) is 5.05. The van der Waals surface area contributed by atoms with E-state index in [4.69, 9.17) is 14.2 Å². The molecular weight excluding hydrogens is 242 g/mol. The van der Waals surface area contributed by atoms with Crippen molar-refractivity contribution in [2.75, 3.05) is 27.4 Å². The minimum absolute atomic E-state index is 0.416. The van der Waals surface area contributed by atoms with Crippen molar-refractivity contribution in [2.45, 2.75) is 31.8 Å². The van der Waals surface area contributed by atoms with Crippen LogP contribution in [0.25, 0.3) is 0 Å². The van der Waals surface area contributed by atoms with Crippen LogP contribution in [-0.2, 0) is 11.2 Å². The van der Waals surface area contributed by atoms with E-state index < -0.39 is 0 Å². The summed E-state index contributed by atoms with van der Waals surface area (Å²) in [6, 6.07) is 6.78. The van der Waals surface area contributed by atoms with Gasteiger partial charge in [-0.05, 0) is 43.5 Å². The molecule has 0 radical (unpaired) electrons. The van der Waals surface area contributed by atoms with Gasteiger partial charge < -0.3 is 19.5 Å². The number of aryl methyl sites for hydroxylation is 1. The van der Waals surface area contributed by atoms with Crippen LogP contribution >= 0.6 is 0 Å². The summed E-state index contributed by atoms with van der Waals surface area (Å²) in [6.07, 6.45) is 1.99. The largest absolute Gasteiger partial charge is 0.497 e. The Morgan fingerprint density at radius 3 is 2.79 bits per heavy atom. The monoisotopic (exact) mass is 265 g/mol. The second-order valence-electron chi connectivity index (χ2n) is 5.02. The van der Waals surface area contributed by atoms with Gasteiger partial charge in [-0.25, -0.2) is 0 Å². The lowest BCUT2D eigenvalue weighted by molar-refractivity contribution is 0.0483. The number of rotatable bonds is 5. The molecule has 0 aliphatic carbocycles. The van der Waals surface area contributed by atoms with Crippen LogP contribution in [0.3, 0.4) is 0 Å². The van der Waals surface area contributed by atoms with E-state index in [1.807, 2.05) is 18.2 Å². The second-order valence-corrected chi connectivity index (χ2v) is 5.02. The molecule has 0 spiro atoms. The van der Waals surface area contributed by atoms with E-state index in [1.54, 1.807) is 14.2 Å². The summed E-state index contributed by atoms with van der Waals surface area (Å²) < 4.78 is 16.2. The van der Waals surface area contributed by atoms with Crippen LogP contribution in [0.2, 0.25) is 0 Å². The molecule has 2 atom stereocenters. The third-order valence-corrected chi connectivity index (χ3v) is 3.46. The van der Waals surface area contributed by atoms with Crippen LogP contribution in [0.15, 0.2) is 18.2 Å². The van der Waals surface area contributed by atoms with Crippen LogP contribution in [-0.4, -0.2) is 39.5 Å². The molecule has 2 rings (SSSR count). The molecule has 1 fully saturated rings. The summed E-state index contributed by atoms with van der Waals surface area (Å²) in [6.45, 7) is 3.74. The van der Waals surface area contributed by atoms with E-state index in [-0.39, 0.29) is 0 Å². The van der Waals surface area contributed by atoms with Crippen LogP contribution < -0.4 is 14.8 Å². The standard InChI is InChI=1S/C15H23NO3/c1-11-9-19-10-13(16-11)5-4-12-8-14(17-2)6-7-15(12)18-3/h6-8,11,13,16H,4-5,9-10H2,1-3H3. The maximum Gasteiger partial charge on any atom is 0.122 e. The zero-order valence-electron chi connectivity index (χ0n) is 11.9. The predicted octanol–water partition coefficient (Wildman–Crippen LogP) is 2.01. The molecule has 1 saturated heterocycles. The summed E-state index contributed by atoms with van der Waals surface area (Å²) in [5.74, 6) is 1.79. The first-order valence-corrected chi connectivity index (χ1v) is 6.77. The highest BCUT2D eigenvalue weighted by molar-refractivity contribution is 5.40. The van der Waals surface area contributed by atoms with E-state index in [0.29, 0.717) is 12.1 Å². The number of morpholine rings is 1. The van der Waals surface area contributed by atoms with Crippen LogP contribution in [0.5, 0.6) is 11.5 Å². The van der Waals surface area contributed by atoms with E-state index in [1.165, 1.54) is 5.56 Å². The van der Waals surface area contributed by atoms with E-state index in [2.05, 4.69) is 12.2 Å². The molecule has 1 aromatic rings. The number of ether oxygens (including phenoxy) is 3. The Labute approximate surface area is 115 Å². The van der Waals surface area contributed by atoms with E-state index in [0.717, 1.165) is 37.6 Å². The fourth-order valence-corrected chi connectivity index (χ4v) is 2.46. The van der Waals surface area contributed by atoms with Crippen molar-refractivity contribution in [1.82, 2.24) is 5.32 Å². The highest BCUT2D eigenvalue weighted by Crippen LogP contribution is 2.25. The second kappa shape index (κ2) is 6.78. The quantitative estimate of drug-likeness (QED) is 0.884. The fourth-order valence-electron chi connectivity index (χ4n) is 2.46. The molecule has 19 heavy (non-hydrogen) atoms. The van der Waals surface area contributed by atoms with Gasteiger partial charge in [0.2, 0.25) is 0 Å². The number of methoxy groups -OCH3 is 2. The van der Waals surface area contributed by atoms with Gasteiger partial charge in [-0.2, -0.15) is 0 Å². The smallest absolute Gasteiger partial charge is 0.122 e. The number of hydrogen-bond donors (Lipinski definition) is 1. The SMILES string of the molecule is COc1ccc(OC)c(CCC2COCC(C)N2)c1. The zero-order valence-corrected chi connectivity index (χ0v) is 11.9. The van der Waals surface area contributed by atoms with Gasteiger partial charge >= 0.3 is 0 Å². The molecule has 1 N–H and O–H groups in total. The van der Waals surface area contributed by atoms with Crippen molar-refractivity contribution >= 4 is 0 Å². The van der Waals surface area contributed by atoms with Gasteiger partial charge in [-0.15, -0.1) is 0 Å². The maximum absolute atomic E-state index is 5.57. The average molecular weight is 265 g/mol. The summed E-state index contributed by atoms with van der Waals surface area (Å²) in [7, 11) is 3.39. The van der Waals surface area contributed by atoms with Crippen molar-refractivity contribution in [2.24, 2.45) is 0 Å². The molecule has 4 nitrogen and oxygen atoms in total. The lowest BCUT2D eigenvalue weighted by Crippen LogP contribution is -2.47. The Morgan fingerprint density at radius 2 is 2.11 bits per heavy atom. The minimum Gasteiger partial charge on any atom is -0.497 e. The van der Waals surface area contributed by atoms with Gasteiger partial charge in [0.05, 0.1) is 27.4 Å². The average Bonchev–Trinajstić information content (AvgIpc) is 2.45. The van der Waals surface area contributed by atoms with Crippen molar-refractivity contribution in [1.29, 1.82) is 0 Å². The van der Waals surface area contributed by atoms with Crippen LogP contribution in [0, 0.1) is 0 Å². The maximum atomic E-state index is 5.57. The molecule has 0 aromatic heterocycles. The highest BCUT2D eigenvalue weighted by Gasteiger charge is 2.18. The number of hydrogen-bond acceptors (Lipinski definition) is 4. The first kappa shape index (κ1) is 14.2. The molecule has 1 heterocycles. The third kappa shape index (κ3) is 3.85. The van der Waals surface area contributed by atoms with Crippen molar-refractivity contribution in [3.63, 3.8) is 0 Å². The number of nitrogens with one attached hydrogen (secondary N) is 1. The lowest BCUT2D eigenvalue weighted by atomic mass is 10.0. The number of benzene rings is 1. The molecule has 0 bridgehead atoms. The molecule has 0 amide bonds. The molecule has 1 aliphatic rings. The third-order valence-electron chi connectivity index (χ3n) is 3.46. The summed E-state index contributed by atoms with van der Waals surface area (Å²) >= 11 is 0. The molecular formula is C15H23NO3. The summed E-state index contributed by atoms with van der Waals surface area (Å²) in [5, 5.41) is 3.56. The van der Waals surface area contributed by atoms with E-state index >= 15 is 0 Å². The summed E-state index contributed by atoms with van der Waals surface area (Å²) in [4.78, 5) is 0. The summed E-state index contributed by atoms with van der Waals surface area (Å²) in [5.41, 5.74) is 1.18. The lowest BCUT2D eigenvalue weighted by Gasteiger charge is -2.29. The van der Waals surface area contributed by atoms with Gasteiger partial charge in [0.1, 0.15) is 11.5 Å². The first-order valence-electron chi connectivity index (χ1n) is 6.77. The molecule has 1 aromatic carbocycles. The van der Waals surface area contributed by atoms with E-state index in [9.17, 15) is 0 Å². The van der Waals surface area contributed by atoms with Gasteiger partial charge in [0.15, 0.2) is 0 Å². The molecule has 2 unspecified atom stereocenters.